The van der Waals surface area contributed by atoms with Crippen LogP contribution in [0.2, 0.25) is 0 Å². The molecule has 0 radical (unpaired) electrons. The van der Waals surface area contributed by atoms with E-state index in [0.29, 0.717) is 29.5 Å². The summed E-state index contributed by atoms with van der Waals surface area (Å²) in [5.41, 5.74) is 1.64. The molecule has 1 amide bonds. The Morgan fingerprint density at radius 1 is 1.31 bits per heavy atom. The van der Waals surface area contributed by atoms with Crippen LogP contribution in [0, 0.1) is 25.2 Å². The van der Waals surface area contributed by atoms with Crippen molar-refractivity contribution in [1.82, 2.24) is 9.29 Å². The summed E-state index contributed by atoms with van der Waals surface area (Å²) in [4.78, 5) is 17.2. The molecular weight excluding hydrogens is 428 g/mol. The van der Waals surface area contributed by atoms with Crippen LogP contribution in [-0.2, 0) is 10.0 Å². The van der Waals surface area contributed by atoms with Gasteiger partial charge in [-0.25, -0.2) is 13.4 Å². The minimum absolute atomic E-state index is 0.174. The summed E-state index contributed by atoms with van der Waals surface area (Å²) in [7, 11) is -3.63. The minimum Gasteiger partial charge on any atom is -0.298 e. The van der Waals surface area contributed by atoms with Crippen molar-refractivity contribution in [3.05, 3.63) is 35.0 Å². The van der Waals surface area contributed by atoms with Gasteiger partial charge in [0, 0.05) is 18.7 Å². The molecule has 10 heteroatoms. The third-order valence-electron chi connectivity index (χ3n) is 4.63. The van der Waals surface area contributed by atoms with Crippen LogP contribution in [0.1, 0.15) is 40.9 Å². The van der Waals surface area contributed by atoms with E-state index in [1.807, 2.05) is 6.92 Å². The maximum Gasteiger partial charge on any atom is 0.257 e. The first-order valence-electron chi connectivity index (χ1n) is 9.22. The maximum absolute atomic E-state index is 13.0. The Labute approximate surface area is 179 Å². The fourth-order valence-electron chi connectivity index (χ4n) is 3.10. The van der Waals surface area contributed by atoms with Crippen molar-refractivity contribution in [3.63, 3.8) is 0 Å². The van der Waals surface area contributed by atoms with Crippen LogP contribution >= 0.6 is 23.1 Å². The number of sulfonamides is 1. The molecule has 1 saturated heterocycles. The summed E-state index contributed by atoms with van der Waals surface area (Å²) in [6, 6.07) is 6.79. The lowest BCUT2D eigenvalue weighted by atomic mass is 10.1. The number of nitriles is 1. The number of anilines is 1. The fourth-order valence-corrected chi connectivity index (χ4v) is 6.66. The molecule has 0 spiro atoms. The molecule has 1 aromatic carbocycles. The number of thiazole rings is 1. The van der Waals surface area contributed by atoms with E-state index < -0.39 is 15.9 Å². The Morgan fingerprint density at radius 2 is 2.03 bits per heavy atom. The molecule has 29 heavy (non-hydrogen) atoms. The van der Waals surface area contributed by atoms with E-state index in [9.17, 15) is 13.2 Å². The van der Waals surface area contributed by atoms with Crippen molar-refractivity contribution in [2.45, 2.75) is 42.2 Å². The molecule has 0 unspecified atom stereocenters. The number of carbonyl (C=O) groups excluding carboxylic acids is 1. The van der Waals surface area contributed by atoms with Crippen LogP contribution in [0.25, 0.3) is 0 Å². The van der Waals surface area contributed by atoms with E-state index in [1.54, 1.807) is 19.1 Å². The van der Waals surface area contributed by atoms with Crippen LogP contribution in [0.15, 0.2) is 27.3 Å². The average molecular weight is 451 g/mol. The van der Waals surface area contributed by atoms with Crippen molar-refractivity contribution in [2.75, 3.05) is 24.2 Å². The highest BCUT2D eigenvalue weighted by Crippen LogP contribution is 2.32. The second kappa shape index (κ2) is 9.26. The zero-order chi connectivity index (χ0) is 21.0. The smallest absolute Gasteiger partial charge is 0.257 e. The van der Waals surface area contributed by atoms with E-state index in [4.69, 9.17) is 5.26 Å². The first kappa shape index (κ1) is 21.8. The lowest BCUT2D eigenvalue weighted by molar-refractivity contribution is 0.102. The first-order chi connectivity index (χ1) is 13.8. The molecule has 154 valence electrons. The lowest BCUT2D eigenvalue weighted by Crippen LogP contribution is -2.36. The molecule has 0 bridgehead atoms. The highest BCUT2D eigenvalue weighted by atomic mass is 32.2. The quantitative estimate of drug-likeness (QED) is 0.672. The number of nitrogens with zero attached hydrogens (tertiary/aromatic N) is 3. The van der Waals surface area contributed by atoms with Crippen LogP contribution in [0.3, 0.4) is 0 Å². The summed E-state index contributed by atoms with van der Waals surface area (Å²) in [5, 5.41) is 11.9. The Kier molecular flexibility index (Phi) is 6.95. The van der Waals surface area contributed by atoms with Crippen molar-refractivity contribution >= 4 is 44.2 Å². The molecular formula is C19H22N4O3S3. The van der Waals surface area contributed by atoms with Gasteiger partial charge in [0.15, 0.2) is 5.13 Å². The predicted octanol–water partition coefficient (Wildman–Crippen LogP) is 3.80. The molecule has 0 aliphatic carbocycles. The van der Waals surface area contributed by atoms with Gasteiger partial charge < -0.3 is 0 Å². The third-order valence-corrected chi connectivity index (χ3v) is 8.97. The Balaban J connectivity index is 1.82. The van der Waals surface area contributed by atoms with Crippen LogP contribution in [-0.4, -0.2) is 42.5 Å². The molecule has 3 rings (SSSR count). The largest absolute Gasteiger partial charge is 0.298 e. The molecule has 7 nitrogen and oxygen atoms in total. The number of thioether (sulfide) groups is 1. The second-order valence-corrected chi connectivity index (χ2v) is 10.9. The summed E-state index contributed by atoms with van der Waals surface area (Å²) in [6.07, 6.45) is 2.75. The predicted molar refractivity (Wildman–Crippen MR) is 115 cm³/mol. The summed E-state index contributed by atoms with van der Waals surface area (Å²) in [5.74, 6) is -0.0998. The first-order valence-corrected chi connectivity index (χ1v) is 12.5. The van der Waals surface area contributed by atoms with Crippen molar-refractivity contribution in [3.8, 4) is 6.07 Å². The highest BCUT2D eigenvalue weighted by molar-refractivity contribution is 8.01. The number of piperidine rings is 1. The van der Waals surface area contributed by atoms with Crippen molar-refractivity contribution in [1.29, 1.82) is 5.26 Å². The molecule has 0 saturated carbocycles. The molecule has 2 heterocycles. The van der Waals surface area contributed by atoms with Gasteiger partial charge in [-0.15, -0.1) is 0 Å². The van der Waals surface area contributed by atoms with Gasteiger partial charge in [0.05, 0.1) is 26.6 Å². The second-order valence-electron chi connectivity index (χ2n) is 6.74. The lowest BCUT2D eigenvalue weighted by Gasteiger charge is -2.26. The van der Waals surface area contributed by atoms with E-state index in [0.717, 1.165) is 29.2 Å². The number of aryl methyl sites for hydroxylation is 2. The fraction of sp³-hybridized carbons (Fsp3) is 0.421. The van der Waals surface area contributed by atoms with Gasteiger partial charge in [0.1, 0.15) is 0 Å². The number of rotatable bonds is 6. The number of hydrogen-bond acceptors (Lipinski definition) is 7. The highest BCUT2D eigenvalue weighted by Gasteiger charge is 2.28. The summed E-state index contributed by atoms with van der Waals surface area (Å²) in [6.45, 7) is 4.59. The third kappa shape index (κ3) is 4.98. The molecule has 0 atom stereocenters. The zero-order valence-electron chi connectivity index (χ0n) is 16.3. The van der Waals surface area contributed by atoms with Gasteiger partial charge in [-0.1, -0.05) is 35.6 Å². The minimum atomic E-state index is -3.63. The summed E-state index contributed by atoms with van der Waals surface area (Å²) >= 11 is 2.67. The topological polar surface area (TPSA) is 103 Å². The molecule has 1 aliphatic rings. The van der Waals surface area contributed by atoms with E-state index in [2.05, 4.69) is 16.4 Å². The van der Waals surface area contributed by atoms with Crippen molar-refractivity contribution < 1.29 is 13.2 Å². The SMILES string of the molecule is Cc1ccc(C(=O)Nc2nc(C)c(SCC#N)s2)cc1S(=O)(=O)N1CCCCC1. The van der Waals surface area contributed by atoms with Crippen LogP contribution < -0.4 is 5.32 Å². The van der Waals surface area contributed by atoms with Crippen LogP contribution in [0.4, 0.5) is 5.13 Å². The number of carbonyl (C=O) groups is 1. The van der Waals surface area contributed by atoms with Gasteiger partial charge in [0.25, 0.3) is 5.91 Å². The summed E-state index contributed by atoms with van der Waals surface area (Å²) < 4.78 is 28.5. The van der Waals surface area contributed by atoms with Gasteiger partial charge in [0.2, 0.25) is 10.0 Å². The molecule has 1 aliphatic heterocycles. The standard InChI is InChI=1S/C19H22N4O3S3/c1-13-6-7-15(12-16(13)29(25,26)23-9-4-3-5-10-23)17(24)22-19-21-14(2)18(28-19)27-11-8-20/h6-7,12H,3-5,9-11H2,1-2H3,(H,21,22,24). The zero-order valence-corrected chi connectivity index (χ0v) is 18.7. The molecule has 1 N–H and O–H groups in total. The normalized spacial score (nSPS) is 15.1. The van der Waals surface area contributed by atoms with Crippen LogP contribution in [0.5, 0.6) is 0 Å². The molecule has 1 fully saturated rings. The Bertz CT molecular complexity index is 1050. The Hall–Kier alpha value is -1.93. The number of amides is 1. The number of nitrogens with one attached hydrogen (secondary N) is 1. The van der Waals surface area contributed by atoms with E-state index in [1.165, 1.54) is 33.5 Å². The number of hydrogen-bond donors (Lipinski definition) is 1. The van der Waals surface area contributed by atoms with Gasteiger partial charge in [-0.3, -0.25) is 10.1 Å². The van der Waals surface area contributed by atoms with Gasteiger partial charge >= 0.3 is 0 Å². The molecule has 2 aromatic rings. The van der Waals surface area contributed by atoms with Crippen molar-refractivity contribution in [2.24, 2.45) is 0 Å². The van der Waals surface area contributed by atoms with E-state index >= 15 is 0 Å². The van der Waals surface area contributed by atoms with E-state index in [-0.39, 0.29) is 10.5 Å². The van der Waals surface area contributed by atoms with Gasteiger partial charge in [-0.05, 0) is 44.4 Å². The maximum atomic E-state index is 13.0. The average Bonchev–Trinajstić information content (AvgIpc) is 3.06. The Morgan fingerprint density at radius 3 is 2.72 bits per heavy atom. The van der Waals surface area contributed by atoms with Gasteiger partial charge in [-0.2, -0.15) is 9.57 Å². The number of aromatic nitrogens is 1. The number of benzene rings is 1. The molecule has 1 aromatic heterocycles. The monoisotopic (exact) mass is 450 g/mol.